The van der Waals surface area contributed by atoms with E-state index in [1.807, 2.05) is 36.5 Å². The van der Waals surface area contributed by atoms with Crippen molar-refractivity contribution in [1.82, 2.24) is 10.3 Å². The number of nitriles is 1. The van der Waals surface area contributed by atoms with Crippen molar-refractivity contribution in [3.05, 3.63) is 65.5 Å². The lowest BCUT2D eigenvalue weighted by Gasteiger charge is -2.13. The van der Waals surface area contributed by atoms with E-state index in [2.05, 4.69) is 29.4 Å². The number of hydrogen-bond acceptors (Lipinski definition) is 3. The Balaban J connectivity index is 1.93. The molecule has 3 heteroatoms. The van der Waals surface area contributed by atoms with E-state index >= 15 is 0 Å². The van der Waals surface area contributed by atoms with E-state index in [0.29, 0.717) is 5.56 Å². The van der Waals surface area contributed by atoms with Crippen LogP contribution >= 0.6 is 0 Å². The van der Waals surface area contributed by atoms with Gasteiger partial charge in [0.25, 0.3) is 0 Å². The van der Waals surface area contributed by atoms with E-state index in [0.717, 1.165) is 6.54 Å². The molecule has 2 rings (SSSR count). The highest BCUT2D eigenvalue weighted by Gasteiger charge is 2.04. The fourth-order valence-electron chi connectivity index (χ4n) is 1.72. The van der Waals surface area contributed by atoms with E-state index in [-0.39, 0.29) is 6.04 Å². The molecule has 0 aliphatic rings. The van der Waals surface area contributed by atoms with Crippen LogP contribution in [0.1, 0.15) is 29.7 Å². The summed E-state index contributed by atoms with van der Waals surface area (Å²) in [5, 5.41) is 12.2. The minimum Gasteiger partial charge on any atom is -0.306 e. The van der Waals surface area contributed by atoms with Crippen molar-refractivity contribution in [2.24, 2.45) is 0 Å². The molecule has 0 saturated carbocycles. The summed E-state index contributed by atoms with van der Waals surface area (Å²) < 4.78 is 0. The Hall–Kier alpha value is -2.18. The first-order chi connectivity index (χ1) is 8.79. The predicted octanol–water partition coefficient (Wildman–Crippen LogP) is 2.80. The molecule has 0 fully saturated rings. The number of hydrogen-bond donors (Lipinski definition) is 1. The lowest BCUT2D eigenvalue weighted by atomic mass is 10.1. The summed E-state index contributed by atoms with van der Waals surface area (Å²) in [6.07, 6.45) is 3.65. The van der Waals surface area contributed by atoms with Crippen molar-refractivity contribution in [2.75, 3.05) is 0 Å². The zero-order chi connectivity index (χ0) is 12.8. The van der Waals surface area contributed by atoms with Gasteiger partial charge < -0.3 is 5.32 Å². The molecule has 0 unspecified atom stereocenters. The third-order valence-electron chi connectivity index (χ3n) is 2.88. The second-order valence-corrected chi connectivity index (χ2v) is 4.20. The quantitative estimate of drug-likeness (QED) is 0.889. The number of pyridine rings is 1. The van der Waals surface area contributed by atoms with Gasteiger partial charge in [-0.2, -0.15) is 5.26 Å². The van der Waals surface area contributed by atoms with Crippen LogP contribution in [0.4, 0.5) is 0 Å². The molecule has 0 radical (unpaired) electrons. The van der Waals surface area contributed by atoms with Crippen molar-refractivity contribution >= 4 is 0 Å². The first-order valence-corrected chi connectivity index (χ1v) is 5.92. The Morgan fingerprint density at radius 1 is 1.28 bits per heavy atom. The van der Waals surface area contributed by atoms with Crippen LogP contribution in [0.25, 0.3) is 0 Å². The van der Waals surface area contributed by atoms with Gasteiger partial charge in [0.1, 0.15) is 0 Å². The van der Waals surface area contributed by atoms with Crippen LogP contribution in [0, 0.1) is 11.3 Å². The van der Waals surface area contributed by atoms with Gasteiger partial charge >= 0.3 is 0 Å². The number of aromatic nitrogens is 1. The Kier molecular flexibility index (Phi) is 4.06. The molecule has 3 nitrogen and oxygen atoms in total. The number of benzene rings is 1. The minimum absolute atomic E-state index is 0.259. The van der Waals surface area contributed by atoms with E-state index in [1.165, 1.54) is 11.1 Å². The smallest absolute Gasteiger partial charge is 0.0991 e. The molecule has 1 atom stereocenters. The van der Waals surface area contributed by atoms with Gasteiger partial charge in [0.2, 0.25) is 0 Å². The monoisotopic (exact) mass is 237 g/mol. The summed E-state index contributed by atoms with van der Waals surface area (Å²) in [6.45, 7) is 2.89. The molecule has 0 aliphatic heterocycles. The zero-order valence-electron chi connectivity index (χ0n) is 10.3. The summed E-state index contributed by atoms with van der Waals surface area (Å²) in [6, 6.07) is 14.0. The lowest BCUT2D eigenvalue weighted by Crippen LogP contribution is -2.18. The van der Waals surface area contributed by atoms with Gasteiger partial charge in [0.15, 0.2) is 0 Å². The normalized spacial score (nSPS) is 11.8. The van der Waals surface area contributed by atoms with E-state index < -0.39 is 0 Å². The molecule has 0 amide bonds. The highest BCUT2D eigenvalue weighted by Crippen LogP contribution is 2.11. The third-order valence-corrected chi connectivity index (χ3v) is 2.88. The SMILES string of the molecule is C[C@@H](NCc1ccc(C#N)cc1)c1cccnc1. The minimum atomic E-state index is 0.259. The topological polar surface area (TPSA) is 48.7 Å². The summed E-state index contributed by atoms with van der Waals surface area (Å²) in [5.41, 5.74) is 3.04. The Morgan fingerprint density at radius 3 is 2.67 bits per heavy atom. The molecule has 0 saturated heterocycles. The maximum absolute atomic E-state index is 8.72. The molecule has 0 bridgehead atoms. The van der Waals surface area contributed by atoms with Crippen molar-refractivity contribution in [3.8, 4) is 6.07 Å². The van der Waals surface area contributed by atoms with Crippen molar-refractivity contribution in [3.63, 3.8) is 0 Å². The van der Waals surface area contributed by atoms with E-state index in [9.17, 15) is 0 Å². The fourth-order valence-corrected chi connectivity index (χ4v) is 1.72. The van der Waals surface area contributed by atoms with Gasteiger partial charge in [-0.25, -0.2) is 0 Å². The molecular weight excluding hydrogens is 222 g/mol. The molecule has 1 heterocycles. The summed E-state index contributed by atoms with van der Waals surface area (Å²) in [7, 11) is 0. The van der Waals surface area contributed by atoms with Crippen LogP contribution in [-0.4, -0.2) is 4.98 Å². The van der Waals surface area contributed by atoms with Crippen LogP contribution in [0.15, 0.2) is 48.8 Å². The van der Waals surface area contributed by atoms with Crippen molar-refractivity contribution in [1.29, 1.82) is 5.26 Å². The lowest BCUT2D eigenvalue weighted by molar-refractivity contribution is 0.573. The maximum Gasteiger partial charge on any atom is 0.0991 e. The second kappa shape index (κ2) is 5.95. The Bertz CT molecular complexity index is 526. The molecule has 1 N–H and O–H groups in total. The summed E-state index contributed by atoms with van der Waals surface area (Å²) in [5.74, 6) is 0. The van der Waals surface area contributed by atoms with Gasteiger partial charge in [-0.1, -0.05) is 18.2 Å². The van der Waals surface area contributed by atoms with Gasteiger partial charge in [-0.15, -0.1) is 0 Å². The van der Waals surface area contributed by atoms with E-state index in [4.69, 9.17) is 5.26 Å². The standard InChI is InChI=1S/C15H15N3/c1-12(15-3-2-8-17-11-15)18-10-14-6-4-13(9-16)5-7-14/h2-8,11-12,18H,10H2,1H3/t12-/m1/s1. The van der Waals surface area contributed by atoms with Crippen LogP contribution in [-0.2, 0) is 6.54 Å². The van der Waals surface area contributed by atoms with Gasteiger partial charge in [0.05, 0.1) is 11.6 Å². The van der Waals surface area contributed by atoms with Crippen LogP contribution in [0.3, 0.4) is 0 Å². The average molecular weight is 237 g/mol. The Morgan fingerprint density at radius 2 is 2.06 bits per heavy atom. The first-order valence-electron chi connectivity index (χ1n) is 5.92. The number of nitrogens with zero attached hydrogens (tertiary/aromatic N) is 2. The second-order valence-electron chi connectivity index (χ2n) is 4.20. The van der Waals surface area contributed by atoms with Gasteiger partial charge in [-0.05, 0) is 36.2 Å². The average Bonchev–Trinajstić information content (AvgIpc) is 2.46. The van der Waals surface area contributed by atoms with Gasteiger partial charge in [-0.3, -0.25) is 4.98 Å². The van der Waals surface area contributed by atoms with Crippen LogP contribution < -0.4 is 5.32 Å². The van der Waals surface area contributed by atoms with Crippen LogP contribution in [0.2, 0.25) is 0 Å². The Labute approximate surface area is 107 Å². The predicted molar refractivity (Wildman–Crippen MR) is 70.6 cm³/mol. The molecule has 0 spiro atoms. The number of nitrogens with one attached hydrogen (secondary N) is 1. The molecule has 2 aromatic rings. The van der Waals surface area contributed by atoms with Crippen molar-refractivity contribution < 1.29 is 0 Å². The summed E-state index contributed by atoms with van der Waals surface area (Å²) >= 11 is 0. The van der Waals surface area contributed by atoms with Gasteiger partial charge in [0, 0.05) is 25.0 Å². The molecule has 1 aromatic carbocycles. The molecule has 90 valence electrons. The largest absolute Gasteiger partial charge is 0.306 e. The zero-order valence-corrected chi connectivity index (χ0v) is 10.3. The van der Waals surface area contributed by atoms with E-state index in [1.54, 1.807) is 6.20 Å². The fraction of sp³-hybridized carbons (Fsp3) is 0.200. The highest BCUT2D eigenvalue weighted by atomic mass is 14.9. The maximum atomic E-state index is 8.72. The summed E-state index contributed by atoms with van der Waals surface area (Å²) in [4.78, 5) is 4.11. The first kappa shape index (κ1) is 12.3. The molecule has 1 aromatic heterocycles. The highest BCUT2D eigenvalue weighted by molar-refractivity contribution is 5.31. The van der Waals surface area contributed by atoms with Crippen LogP contribution in [0.5, 0.6) is 0 Å². The number of rotatable bonds is 4. The molecule has 18 heavy (non-hydrogen) atoms. The molecular formula is C15H15N3. The molecule has 0 aliphatic carbocycles. The third kappa shape index (κ3) is 3.16. The van der Waals surface area contributed by atoms with Crippen molar-refractivity contribution in [2.45, 2.75) is 19.5 Å².